The Morgan fingerprint density at radius 3 is 2.11 bits per heavy atom. The van der Waals surface area contributed by atoms with Crippen LogP contribution in [0.4, 0.5) is 0 Å². The molecule has 0 heterocycles. The van der Waals surface area contributed by atoms with Crippen molar-refractivity contribution in [2.45, 2.75) is 83.5 Å². The Hall–Kier alpha value is -1.57. The molecule has 2 nitrogen and oxygen atoms in total. The molecule has 2 saturated carbocycles. The minimum atomic E-state index is -0.631. The zero-order chi connectivity index (χ0) is 19.9. The highest BCUT2D eigenvalue weighted by Gasteiger charge is 2.35. The van der Waals surface area contributed by atoms with Crippen LogP contribution in [-0.4, -0.2) is 11.1 Å². The summed E-state index contributed by atoms with van der Waals surface area (Å²) in [4.78, 5) is 11.6. The second kappa shape index (κ2) is 10.3. The van der Waals surface area contributed by atoms with E-state index in [4.69, 9.17) is 0 Å². The number of aliphatic carboxylic acids is 1. The molecule has 0 spiro atoms. The molecule has 1 N–H and O–H groups in total. The lowest BCUT2D eigenvalue weighted by atomic mass is 9.66. The van der Waals surface area contributed by atoms with Crippen molar-refractivity contribution in [2.75, 3.05) is 0 Å². The molecule has 1 unspecified atom stereocenters. The molecule has 1 aromatic carbocycles. The maximum atomic E-state index is 11.6. The third-order valence-electron chi connectivity index (χ3n) is 7.55. The van der Waals surface area contributed by atoms with Crippen molar-refractivity contribution in [1.29, 1.82) is 0 Å². The Morgan fingerprint density at radius 2 is 1.61 bits per heavy atom. The van der Waals surface area contributed by atoms with Crippen molar-refractivity contribution in [3.8, 4) is 0 Å². The number of hydrogen-bond acceptors (Lipinski definition) is 1. The number of allylic oxidation sites excluding steroid dienone is 1. The molecule has 0 aromatic heterocycles. The third-order valence-corrected chi connectivity index (χ3v) is 7.55. The molecule has 0 bridgehead atoms. The van der Waals surface area contributed by atoms with Crippen LogP contribution in [0.15, 0.2) is 36.9 Å². The van der Waals surface area contributed by atoms with Crippen LogP contribution in [0.1, 0.15) is 88.2 Å². The molecule has 0 aliphatic heterocycles. The van der Waals surface area contributed by atoms with Crippen LogP contribution >= 0.6 is 0 Å². The van der Waals surface area contributed by atoms with Gasteiger partial charge < -0.3 is 5.11 Å². The molecule has 154 valence electrons. The Balaban J connectivity index is 1.47. The highest BCUT2D eigenvalue weighted by atomic mass is 16.4. The van der Waals surface area contributed by atoms with E-state index in [-0.39, 0.29) is 5.92 Å². The fourth-order valence-electron chi connectivity index (χ4n) is 5.86. The lowest BCUT2D eigenvalue weighted by Gasteiger charge is -2.39. The molecule has 2 heteroatoms. The molecule has 28 heavy (non-hydrogen) atoms. The fourth-order valence-corrected chi connectivity index (χ4v) is 5.86. The van der Waals surface area contributed by atoms with Gasteiger partial charge in [0.05, 0.1) is 5.92 Å². The minimum Gasteiger partial charge on any atom is -0.481 e. The summed E-state index contributed by atoms with van der Waals surface area (Å²) in [6.45, 7) is 5.99. The second-order valence-corrected chi connectivity index (χ2v) is 9.25. The predicted molar refractivity (Wildman–Crippen MR) is 117 cm³/mol. The summed E-state index contributed by atoms with van der Waals surface area (Å²) in [5.41, 5.74) is 3.00. The molecule has 1 atom stereocenters. The zero-order valence-corrected chi connectivity index (χ0v) is 17.6. The van der Waals surface area contributed by atoms with Gasteiger partial charge in [-0.2, -0.15) is 0 Å². The Bertz CT molecular complexity index is 616. The van der Waals surface area contributed by atoms with E-state index in [1.54, 1.807) is 6.08 Å². The standard InChI is InChI=1S/C26H38O2/c1-3-5-19-7-9-20(10-8-19)21-11-13-22(14-12-21)23-15-17-24(18-16-23)25(6-4-2)26(27)28/h4,7-10,21-25H,2-3,5-6,11-18H2,1H3,(H,27,28). The van der Waals surface area contributed by atoms with Crippen LogP contribution in [0.2, 0.25) is 0 Å². The molecule has 0 radical (unpaired) electrons. The van der Waals surface area contributed by atoms with E-state index in [0.717, 1.165) is 30.6 Å². The van der Waals surface area contributed by atoms with E-state index in [9.17, 15) is 9.90 Å². The average Bonchev–Trinajstić information content (AvgIpc) is 2.73. The molecule has 2 fully saturated rings. The SMILES string of the molecule is C=CCC(C(=O)O)C1CCC(C2CCC(c3ccc(CCC)cc3)CC2)CC1. The van der Waals surface area contributed by atoms with Crippen molar-refractivity contribution in [1.82, 2.24) is 0 Å². The van der Waals surface area contributed by atoms with Crippen molar-refractivity contribution in [3.63, 3.8) is 0 Å². The molecule has 0 saturated heterocycles. The van der Waals surface area contributed by atoms with Gasteiger partial charge in [-0.1, -0.05) is 43.7 Å². The summed E-state index contributed by atoms with van der Waals surface area (Å²) < 4.78 is 0. The molecule has 1 aromatic rings. The maximum Gasteiger partial charge on any atom is 0.307 e. The first-order chi connectivity index (χ1) is 13.6. The summed E-state index contributed by atoms with van der Waals surface area (Å²) in [6, 6.07) is 9.39. The largest absolute Gasteiger partial charge is 0.481 e. The van der Waals surface area contributed by atoms with E-state index in [1.807, 2.05) is 0 Å². The summed E-state index contributed by atoms with van der Waals surface area (Å²) in [5, 5.41) is 9.51. The Morgan fingerprint density at radius 1 is 1.04 bits per heavy atom. The van der Waals surface area contributed by atoms with Gasteiger partial charge in [-0.05, 0) is 99.0 Å². The number of rotatable bonds is 8. The molecular weight excluding hydrogens is 344 g/mol. The van der Waals surface area contributed by atoms with Crippen LogP contribution in [0.5, 0.6) is 0 Å². The van der Waals surface area contributed by atoms with E-state index < -0.39 is 5.97 Å². The van der Waals surface area contributed by atoms with Crippen LogP contribution in [0.3, 0.4) is 0 Å². The Labute approximate surface area is 171 Å². The number of carboxylic acid groups (broad SMARTS) is 1. The third kappa shape index (κ3) is 5.27. The normalized spacial score (nSPS) is 29.2. The van der Waals surface area contributed by atoms with Gasteiger partial charge in [-0.15, -0.1) is 6.58 Å². The van der Waals surface area contributed by atoms with Crippen LogP contribution < -0.4 is 0 Å². The average molecular weight is 383 g/mol. The first-order valence-electron chi connectivity index (χ1n) is 11.5. The van der Waals surface area contributed by atoms with Gasteiger partial charge in [0.25, 0.3) is 0 Å². The van der Waals surface area contributed by atoms with E-state index in [1.165, 1.54) is 62.5 Å². The minimum absolute atomic E-state index is 0.218. The molecule has 2 aliphatic carbocycles. The van der Waals surface area contributed by atoms with Crippen molar-refractivity contribution >= 4 is 5.97 Å². The van der Waals surface area contributed by atoms with Gasteiger partial charge in [0.1, 0.15) is 0 Å². The van der Waals surface area contributed by atoms with Gasteiger partial charge in [0.15, 0.2) is 0 Å². The first kappa shape index (κ1) is 21.1. The van der Waals surface area contributed by atoms with Crippen LogP contribution in [0, 0.1) is 23.7 Å². The first-order valence-corrected chi connectivity index (χ1v) is 11.5. The number of aryl methyl sites for hydroxylation is 1. The quantitative estimate of drug-likeness (QED) is 0.492. The van der Waals surface area contributed by atoms with Gasteiger partial charge in [-0.25, -0.2) is 0 Å². The van der Waals surface area contributed by atoms with Crippen molar-refractivity contribution in [2.24, 2.45) is 23.7 Å². The topological polar surface area (TPSA) is 37.3 Å². The smallest absolute Gasteiger partial charge is 0.307 e. The van der Waals surface area contributed by atoms with Gasteiger partial charge in [-0.3, -0.25) is 4.79 Å². The van der Waals surface area contributed by atoms with Crippen LogP contribution in [0.25, 0.3) is 0 Å². The maximum absolute atomic E-state index is 11.6. The molecule has 2 aliphatic rings. The van der Waals surface area contributed by atoms with Crippen molar-refractivity contribution < 1.29 is 9.90 Å². The van der Waals surface area contributed by atoms with Gasteiger partial charge >= 0.3 is 5.97 Å². The summed E-state index contributed by atoms with van der Waals surface area (Å²) in [7, 11) is 0. The molecule has 0 amide bonds. The van der Waals surface area contributed by atoms with E-state index >= 15 is 0 Å². The van der Waals surface area contributed by atoms with Crippen LogP contribution in [-0.2, 0) is 11.2 Å². The monoisotopic (exact) mass is 382 g/mol. The highest BCUT2D eigenvalue weighted by molar-refractivity contribution is 5.70. The second-order valence-electron chi connectivity index (χ2n) is 9.25. The lowest BCUT2D eigenvalue weighted by Crippen LogP contribution is -2.30. The Kier molecular flexibility index (Phi) is 7.76. The lowest BCUT2D eigenvalue weighted by molar-refractivity contribution is -0.144. The highest BCUT2D eigenvalue weighted by Crippen LogP contribution is 2.45. The summed E-state index contributed by atoms with van der Waals surface area (Å²) >= 11 is 0. The predicted octanol–water partition coefficient (Wildman–Crippen LogP) is 7.00. The molecular formula is C26H38O2. The van der Waals surface area contributed by atoms with E-state index in [2.05, 4.69) is 37.8 Å². The molecule has 3 rings (SSSR count). The number of carbonyl (C=O) groups is 1. The zero-order valence-electron chi connectivity index (χ0n) is 17.6. The summed E-state index contributed by atoms with van der Waals surface area (Å²) in [5.74, 6) is 1.93. The van der Waals surface area contributed by atoms with Crippen molar-refractivity contribution in [3.05, 3.63) is 48.0 Å². The van der Waals surface area contributed by atoms with Gasteiger partial charge in [0, 0.05) is 0 Å². The van der Waals surface area contributed by atoms with Gasteiger partial charge in [0.2, 0.25) is 0 Å². The number of carboxylic acids is 1. The van der Waals surface area contributed by atoms with E-state index in [0.29, 0.717) is 12.3 Å². The summed E-state index contributed by atoms with van der Waals surface area (Å²) in [6.07, 6.45) is 14.8. The fraction of sp³-hybridized carbons (Fsp3) is 0.654. The number of hydrogen-bond donors (Lipinski definition) is 1. The number of benzene rings is 1.